The van der Waals surface area contributed by atoms with E-state index in [0.29, 0.717) is 19.6 Å². The number of halogens is 1. The quantitative estimate of drug-likeness (QED) is 0.697. The van der Waals surface area contributed by atoms with Crippen molar-refractivity contribution in [3.63, 3.8) is 0 Å². The molecule has 0 spiro atoms. The van der Waals surface area contributed by atoms with Crippen LogP contribution in [0.15, 0.2) is 18.2 Å². The van der Waals surface area contributed by atoms with Gasteiger partial charge in [0, 0.05) is 20.1 Å². The number of ether oxygens (including phenoxy) is 2. The molecular weight excluding hydrogens is 197 g/mol. The van der Waals surface area contributed by atoms with Crippen LogP contribution in [0.5, 0.6) is 5.75 Å². The zero-order valence-corrected chi connectivity index (χ0v) is 8.50. The number of methoxy groups -OCH3 is 1. The molecule has 0 aromatic heterocycles. The van der Waals surface area contributed by atoms with E-state index in [1.807, 2.05) is 6.07 Å². The van der Waals surface area contributed by atoms with Crippen LogP contribution in [0.3, 0.4) is 0 Å². The van der Waals surface area contributed by atoms with Crippen LogP contribution < -0.4 is 4.74 Å². The smallest absolute Gasteiger partial charge is 0.166 e. The molecule has 0 atom stereocenters. The highest BCUT2D eigenvalue weighted by Gasteiger charge is 2.03. The molecule has 1 rings (SSSR count). The third-order valence-electron chi connectivity index (χ3n) is 1.81. The van der Waals surface area contributed by atoms with E-state index in [9.17, 15) is 4.39 Å². The first-order chi connectivity index (χ1) is 7.27. The number of nitriles is 1. The maximum Gasteiger partial charge on any atom is 0.166 e. The van der Waals surface area contributed by atoms with Crippen molar-refractivity contribution < 1.29 is 13.9 Å². The van der Waals surface area contributed by atoms with E-state index in [2.05, 4.69) is 0 Å². The third kappa shape index (κ3) is 3.56. The maximum atomic E-state index is 13.2. The molecule has 0 aliphatic heterocycles. The molecule has 3 nitrogen and oxygen atoms in total. The number of hydrogen-bond acceptors (Lipinski definition) is 3. The normalized spacial score (nSPS) is 9.67. The third-order valence-corrected chi connectivity index (χ3v) is 1.81. The lowest BCUT2D eigenvalue weighted by atomic mass is 10.2. The lowest BCUT2D eigenvalue weighted by molar-refractivity contribution is 0.170. The summed E-state index contributed by atoms with van der Waals surface area (Å²) in [5.41, 5.74) is 0.289. The van der Waals surface area contributed by atoms with Crippen LogP contribution in [0.2, 0.25) is 0 Å². The van der Waals surface area contributed by atoms with Gasteiger partial charge in [0.1, 0.15) is 0 Å². The molecule has 15 heavy (non-hydrogen) atoms. The van der Waals surface area contributed by atoms with E-state index in [1.54, 1.807) is 7.11 Å². The average molecular weight is 209 g/mol. The Balaban J connectivity index is 2.52. The highest BCUT2D eigenvalue weighted by Crippen LogP contribution is 2.17. The van der Waals surface area contributed by atoms with Crippen molar-refractivity contribution >= 4 is 0 Å². The van der Waals surface area contributed by atoms with Gasteiger partial charge in [-0.25, -0.2) is 4.39 Å². The summed E-state index contributed by atoms with van der Waals surface area (Å²) in [4.78, 5) is 0. The molecular formula is C11H12FNO2. The van der Waals surface area contributed by atoms with Crippen molar-refractivity contribution in [1.82, 2.24) is 0 Å². The summed E-state index contributed by atoms with van der Waals surface area (Å²) in [6, 6.07) is 6.00. The van der Waals surface area contributed by atoms with Gasteiger partial charge in [-0.2, -0.15) is 5.26 Å². The van der Waals surface area contributed by atoms with Gasteiger partial charge in [-0.15, -0.1) is 0 Å². The Morgan fingerprint density at radius 2 is 2.20 bits per heavy atom. The van der Waals surface area contributed by atoms with Gasteiger partial charge >= 0.3 is 0 Å². The van der Waals surface area contributed by atoms with Gasteiger partial charge in [-0.3, -0.25) is 0 Å². The molecule has 4 heteroatoms. The van der Waals surface area contributed by atoms with Gasteiger partial charge in [0.05, 0.1) is 18.2 Å². The molecule has 0 amide bonds. The standard InChI is InChI=1S/C11H12FNO2/c1-14-5-2-6-15-11-4-3-9(8-13)7-10(11)12/h3-4,7H,2,5-6H2,1H3. The van der Waals surface area contributed by atoms with Crippen molar-refractivity contribution in [3.8, 4) is 11.8 Å². The molecule has 80 valence electrons. The van der Waals surface area contributed by atoms with Crippen molar-refractivity contribution in [1.29, 1.82) is 5.26 Å². The number of rotatable bonds is 5. The molecule has 0 unspecified atom stereocenters. The Kier molecular flexibility index (Phi) is 4.58. The lowest BCUT2D eigenvalue weighted by Crippen LogP contribution is -2.02. The maximum absolute atomic E-state index is 13.2. The van der Waals surface area contributed by atoms with Gasteiger partial charge in [0.2, 0.25) is 0 Å². The SMILES string of the molecule is COCCCOc1ccc(C#N)cc1F. The predicted octanol–water partition coefficient (Wildman–Crippen LogP) is 2.11. The summed E-state index contributed by atoms with van der Waals surface area (Å²) in [6.07, 6.45) is 0.704. The molecule has 0 fully saturated rings. The summed E-state index contributed by atoms with van der Waals surface area (Å²) in [5, 5.41) is 8.52. The topological polar surface area (TPSA) is 42.2 Å². The van der Waals surface area contributed by atoms with Crippen LogP contribution in [0.1, 0.15) is 12.0 Å². The summed E-state index contributed by atoms with van der Waals surface area (Å²) >= 11 is 0. The Morgan fingerprint density at radius 1 is 1.40 bits per heavy atom. The van der Waals surface area contributed by atoms with Gasteiger partial charge in [-0.05, 0) is 18.2 Å². The van der Waals surface area contributed by atoms with Crippen molar-refractivity contribution in [2.75, 3.05) is 20.3 Å². The van der Waals surface area contributed by atoms with Gasteiger partial charge < -0.3 is 9.47 Å². The van der Waals surface area contributed by atoms with E-state index < -0.39 is 5.82 Å². The molecule has 0 saturated heterocycles. The van der Waals surface area contributed by atoms with Gasteiger partial charge in [0.15, 0.2) is 11.6 Å². The first kappa shape index (κ1) is 11.5. The Labute approximate surface area is 88.0 Å². The molecule has 0 aliphatic carbocycles. The van der Waals surface area contributed by atoms with Crippen LogP contribution in [0.4, 0.5) is 4.39 Å². The minimum atomic E-state index is -0.508. The second-order valence-electron chi connectivity index (χ2n) is 2.95. The fraction of sp³-hybridized carbons (Fsp3) is 0.364. The lowest BCUT2D eigenvalue weighted by Gasteiger charge is -2.06. The van der Waals surface area contributed by atoms with E-state index in [1.165, 1.54) is 12.1 Å². The Morgan fingerprint density at radius 3 is 2.80 bits per heavy atom. The Hall–Kier alpha value is -1.60. The van der Waals surface area contributed by atoms with Crippen molar-refractivity contribution in [3.05, 3.63) is 29.6 Å². The van der Waals surface area contributed by atoms with Crippen LogP contribution in [0, 0.1) is 17.1 Å². The fourth-order valence-electron chi connectivity index (χ4n) is 1.07. The molecule has 0 saturated carbocycles. The molecule has 0 N–H and O–H groups in total. The summed E-state index contributed by atoms with van der Waals surface area (Å²) in [7, 11) is 1.60. The second kappa shape index (κ2) is 5.99. The highest BCUT2D eigenvalue weighted by molar-refractivity contribution is 5.35. The monoisotopic (exact) mass is 209 g/mol. The average Bonchev–Trinajstić information content (AvgIpc) is 2.26. The second-order valence-corrected chi connectivity index (χ2v) is 2.95. The van der Waals surface area contributed by atoms with Crippen molar-refractivity contribution in [2.45, 2.75) is 6.42 Å². The summed E-state index contributed by atoms with van der Waals surface area (Å²) in [6.45, 7) is 0.981. The number of benzene rings is 1. The van der Waals surface area contributed by atoms with Crippen LogP contribution in [0.25, 0.3) is 0 Å². The van der Waals surface area contributed by atoms with Gasteiger partial charge in [0.25, 0.3) is 0 Å². The molecule has 1 aromatic rings. The molecule has 0 heterocycles. The first-order valence-corrected chi connectivity index (χ1v) is 4.59. The predicted molar refractivity (Wildman–Crippen MR) is 53.1 cm³/mol. The largest absolute Gasteiger partial charge is 0.490 e. The number of hydrogen-bond donors (Lipinski definition) is 0. The van der Waals surface area contributed by atoms with Crippen LogP contribution in [-0.4, -0.2) is 20.3 Å². The minimum Gasteiger partial charge on any atom is -0.490 e. The number of nitrogens with zero attached hydrogens (tertiary/aromatic N) is 1. The van der Waals surface area contributed by atoms with E-state index in [-0.39, 0.29) is 11.3 Å². The zero-order chi connectivity index (χ0) is 11.1. The van der Waals surface area contributed by atoms with Gasteiger partial charge in [-0.1, -0.05) is 0 Å². The van der Waals surface area contributed by atoms with E-state index >= 15 is 0 Å². The van der Waals surface area contributed by atoms with Crippen LogP contribution in [-0.2, 0) is 4.74 Å². The zero-order valence-electron chi connectivity index (χ0n) is 8.50. The van der Waals surface area contributed by atoms with Crippen molar-refractivity contribution in [2.24, 2.45) is 0 Å². The molecule has 0 aliphatic rings. The molecule has 0 radical (unpaired) electrons. The minimum absolute atomic E-state index is 0.171. The Bertz CT molecular complexity index is 360. The molecule has 1 aromatic carbocycles. The first-order valence-electron chi connectivity index (χ1n) is 4.59. The fourth-order valence-corrected chi connectivity index (χ4v) is 1.07. The molecule has 0 bridgehead atoms. The van der Waals surface area contributed by atoms with E-state index in [0.717, 1.165) is 6.07 Å². The summed E-state index contributed by atoms with van der Waals surface area (Å²) < 4.78 is 23.2. The van der Waals surface area contributed by atoms with Crippen LogP contribution >= 0.6 is 0 Å². The highest BCUT2D eigenvalue weighted by atomic mass is 19.1. The summed E-state index contributed by atoms with van der Waals surface area (Å²) in [5.74, 6) is -0.337. The van der Waals surface area contributed by atoms with E-state index in [4.69, 9.17) is 14.7 Å².